The van der Waals surface area contributed by atoms with Gasteiger partial charge < -0.3 is 20.5 Å². The van der Waals surface area contributed by atoms with Crippen molar-refractivity contribution in [3.05, 3.63) is 18.2 Å². The lowest BCUT2D eigenvalue weighted by molar-refractivity contribution is -0.118. The highest BCUT2D eigenvalue weighted by Gasteiger charge is 2.15. The quantitative estimate of drug-likeness (QED) is 0.659. The smallest absolute Gasteiger partial charge is 0.262 e. The second-order valence-electron chi connectivity index (χ2n) is 3.55. The molecule has 0 saturated heterocycles. The fraction of sp³-hybridized carbons (Fsp3) is 0.364. The van der Waals surface area contributed by atoms with Crippen LogP contribution in [0.4, 0.5) is 11.4 Å². The number of benzene rings is 1. The fourth-order valence-corrected chi connectivity index (χ4v) is 1.50. The van der Waals surface area contributed by atoms with Crippen LogP contribution in [0.25, 0.3) is 0 Å². The Morgan fingerprint density at radius 3 is 3.19 bits per heavy atom. The first-order chi connectivity index (χ1) is 7.79. The number of nitrogens with one attached hydrogen (secondary N) is 2. The Kier molecular flexibility index (Phi) is 3.26. The number of amides is 1. The molecule has 0 fully saturated rings. The van der Waals surface area contributed by atoms with E-state index in [9.17, 15) is 4.79 Å². The SMILES string of the molecule is O=C1COc2ccc(NCCCO)cc2N1. The van der Waals surface area contributed by atoms with Crippen LogP contribution in [0.15, 0.2) is 18.2 Å². The van der Waals surface area contributed by atoms with E-state index < -0.39 is 0 Å². The number of hydrogen-bond acceptors (Lipinski definition) is 4. The van der Waals surface area contributed by atoms with Gasteiger partial charge in [0, 0.05) is 18.8 Å². The molecule has 1 aromatic rings. The maximum absolute atomic E-state index is 11.1. The summed E-state index contributed by atoms with van der Waals surface area (Å²) in [6.45, 7) is 0.937. The van der Waals surface area contributed by atoms with Crippen molar-refractivity contribution in [1.29, 1.82) is 0 Å². The molecule has 0 atom stereocenters. The van der Waals surface area contributed by atoms with Crippen LogP contribution in [0, 0.1) is 0 Å². The summed E-state index contributed by atoms with van der Waals surface area (Å²) in [5, 5.41) is 14.5. The number of anilines is 2. The number of aliphatic hydroxyl groups is 1. The molecular weight excluding hydrogens is 208 g/mol. The first-order valence-electron chi connectivity index (χ1n) is 5.21. The molecule has 1 aliphatic rings. The van der Waals surface area contributed by atoms with Gasteiger partial charge in [0.15, 0.2) is 6.61 Å². The summed E-state index contributed by atoms with van der Waals surface area (Å²) in [4.78, 5) is 11.1. The Bertz CT molecular complexity index is 393. The number of fused-ring (bicyclic) bond motifs is 1. The van der Waals surface area contributed by atoms with Crippen molar-refractivity contribution in [1.82, 2.24) is 0 Å². The molecule has 0 spiro atoms. The molecule has 0 radical (unpaired) electrons. The maximum Gasteiger partial charge on any atom is 0.262 e. The monoisotopic (exact) mass is 222 g/mol. The molecule has 1 heterocycles. The van der Waals surface area contributed by atoms with E-state index in [0.29, 0.717) is 24.4 Å². The van der Waals surface area contributed by atoms with Crippen molar-refractivity contribution >= 4 is 17.3 Å². The second kappa shape index (κ2) is 4.85. The Morgan fingerprint density at radius 2 is 2.38 bits per heavy atom. The molecule has 0 bridgehead atoms. The summed E-state index contributed by atoms with van der Waals surface area (Å²) < 4.78 is 5.24. The van der Waals surface area contributed by atoms with Gasteiger partial charge in [0.2, 0.25) is 0 Å². The summed E-state index contributed by atoms with van der Waals surface area (Å²) >= 11 is 0. The molecule has 2 rings (SSSR count). The molecule has 0 aromatic heterocycles. The number of carbonyl (C=O) groups is 1. The van der Waals surface area contributed by atoms with Gasteiger partial charge in [0.25, 0.3) is 5.91 Å². The summed E-state index contributed by atoms with van der Waals surface area (Å²) in [5.41, 5.74) is 1.59. The second-order valence-corrected chi connectivity index (χ2v) is 3.55. The Morgan fingerprint density at radius 1 is 1.50 bits per heavy atom. The van der Waals surface area contributed by atoms with Gasteiger partial charge in [-0.15, -0.1) is 0 Å². The minimum Gasteiger partial charge on any atom is -0.482 e. The van der Waals surface area contributed by atoms with Crippen LogP contribution in [0.1, 0.15) is 6.42 Å². The summed E-state index contributed by atoms with van der Waals surface area (Å²) in [6, 6.07) is 5.52. The first-order valence-corrected chi connectivity index (χ1v) is 5.21. The zero-order valence-corrected chi connectivity index (χ0v) is 8.82. The molecule has 86 valence electrons. The van der Waals surface area contributed by atoms with Crippen LogP contribution in [0.5, 0.6) is 5.75 Å². The van der Waals surface area contributed by atoms with Crippen LogP contribution in [0.3, 0.4) is 0 Å². The molecule has 5 nitrogen and oxygen atoms in total. The maximum atomic E-state index is 11.1. The lowest BCUT2D eigenvalue weighted by Gasteiger charge is -2.18. The van der Waals surface area contributed by atoms with E-state index in [1.807, 2.05) is 18.2 Å². The zero-order valence-electron chi connectivity index (χ0n) is 8.82. The number of rotatable bonds is 4. The van der Waals surface area contributed by atoms with Crippen LogP contribution in [0.2, 0.25) is 0 Å². The molecule has 3 N–H and O–H groups in total. The van der Waals surface area contributed by atoms with Gasteiger partial charge in [-0.3, -0.25) is 4.79 Å². The highest BCUT2D eigenvalue weighted by Crippen LogP contribution is 2.30. The first kappa shape index (κ1) is 10.8. The summed E-state index contributed by atoms with van der Waals surface area (Å²) in [6.07, 6.45) is 0.694. The predicted octanol–water partition coefficient (Wildman–Crippen LogP) is 0.812. The molecular formula is C11H14N2O3. The number of aliphatic hydroxyl groups excluding tert-OH is 1. The van der Waals surface area contributed by atoms with Gasteiger partial charge in [-0.05, 0) is 24.6 Å². The van der Waals surface area contributed by atoms with Gasteiger partial charge >= 0.3 is 0 Å². The van der Waals surface area contributed by atoms with Crippen LogP contribution in [-0.2, 0) is 4.79 Å². The standard InChI is InChI=1S/C11H14N2O3/c14-5-1-4-12-8-2-3-10-9(6-8)13-11(15)7-16-10/h2-3,6,12,14H,1,4-5,7H2,(H,13,15). The average molecular weight is 222 g/mol. The topological polar surface area (TPSA) is 70.6 Å². The van der Waals surface area contributed by atoms with Gasteiger partial charge in [0.1, 0.15) is 5.75 Å². The number of carbonyl (C=O) groups excluding carboxylic acids is 1. The minimum absolute atomic E-state index is 0.0737. The van der Waals surface area contributed by atoms with E-state index >= 15 is 0 Å². The average Bonchev–Trinajstić information content (AvgIpc) is 2.29. The summed E-state index contributed by atoms with van der Waals surface area (Å²) in [7, 11) is 0. The van der Waals surface area contributed by atoms with Gasteiger partial charge in [-0.25, -0.2) is 0 Å². The third-order valence-corrected chi connectivity index (χ3v) is 2.28. The van der Waals surface area contributed by atoms with Crippen LogP contribution in [-0.4, -0.2) is 30.8 Å². The predicted molar refractivity (Wildman–Crippen MR) is 60.8 cm³/mol. The molecule has 1 amide bonds. The molecule has 0 aliphatic carbocycles. The van der Waals surface area contributed by atoms with Crippen molar-refractivity contribution in [2.45, 2.75) is 6.42 Å². The Balaban J connectivity index is 2.06. The third kappa shape index (κ3) is 2.43. The van der Waals surface area contributed by atoms with Crippen molar-refractivity contribution in [2.24, 2.45) is 0 Å². The van der Waals surface area contributed by atoms with E-state index in [2.05, 4.69) is 10.6 Å². The van der Waals surface area contributed by atoms with Crippen molar-refractivity contribution in [3.63, 3.8) is 0 Å². The van der Waals surface area contributed by atoms with E-state index in [4.69, 9.17) is 9.84 Å². The van der Waals surface area contributed by atoms with Gasteiger partial charge in [-0.1, -0.05) is 0 Å². The van der Waals surface area contributed by atoms with Crippen LogP contribution >= 0.6 is 0 Å². The molecule has 0 unspecified atom stereocenters. The lowest BCUT2D eigenvalue weighted by atomic mass is 10.2. The summed E-state index contributed by atoms with van der Waals surface area (Å²) in [5.74, 6) is 0.548. The molecule has 1 aliphatic heterocycles. The van der Waals surface area contributed by atoms with Crippen molar-refractivity contribution in [2.75, 3.05) is 30.4 Å². The fourth-order valence-electron chi connectivity index (χ4n) is 1.50. The zero-order chi connectivity index (χ0) is 11.4. The van der Waals surface area contributed by atoms with Gasteiger partial charge in [-0.2, -0.15) is 0 Å². The Hall–Kier alpha value is -1.75. The molecule has 1 aromatic carbocycles. The molecule has 16 heavy (non-hydrogen) atoms. The van der Waals surface area contributed by atoms with Crippen molar-refractivity contribution in [3.8, 4) is 5.75 Å². The lowest BCUT2D eigenvalue weighted by Crippen LogP contribution is -2.25. The Labute approximate surface area is 93.4 Å². The highest BCUT2D eigenvalue weighted by atomic mass is 16.5. The van der Waals surface area contributed by atoms with E-state index in [1.165, 1.54) is 0 Å². The van der Waals surface area contributed by atoms with Crippen LogP contribution < -0.4 is 15.4 Å². The van der Waals surface area contributed by atoms with E-state index in [-0.39, 0.29) is 19.1 Å². The highest BCUT2D eigenvalue weighted by molar-refractivity contribution is 5.95. The number of hydrogen-bond donors (Lipinski definition) is 3. The normalized spacial score (nSPS) is 13.7. The van der Waals surface area contributed by atoms with Crippen molar-refractivity contribution < 1.29 is 14.6 Å². The van der Waals surface area contributed by atoms with E-state index in [0.717, 1.165) is 5.69 Å². The minimum atomic E-state index is -0.139. The molecule has 5 heteroatoms. The van der Waals surface area contributed by atoms with E-state index in [1.54, 1.807) is 0 Å². The van der Waals surface area contributed by atoms with Gasteiger partial charge in [0.05, 0.1) is 5.69 Å². The largest absolute Gasteiger partial charge is 0.482 e. The third-order valence-electron chi connectivity index (χ3n) is 2.28. The molecule has 0 saturated carbocycles. The number of ether oxygens (including phenoxy) is 1.